The van der Waals surface area contributed by atoms with Gasteiger partial charge < -0.3 is 9.64 Å². The molecule has 1 aliphatic carbocycles. The number of carbonyl (C=O) groups excluding carboxylic acids is 1. The maximum atomic E-state index is 14.6. The summed E-state index contributed by atoms with van der Waals surface area (Å²) in [6.45, 7) is 3.88. The van der Waals surface area contributed by atoms with Crippen LogP contribution in [0.2, 0.25) is 5.02 Å². The molecule has 2 aromatic rings. The van der Waals surface area contributed by atoms with Gasteiger partial charge in [0.15, 0.2) is 0 Å². The first-order valence-electron chi connectivity index (χ1n) is 11.8. The normalized spacial score (nSPS) is 23.5. The van der Waals surface area contributed by atoms with Crippen molar-refractivity contribution >= 4 is 17.7 Å². The van der Waals surface area contributed by atoms with Crippen molar-refractivity contribution in [2.24, 2.45) is 10.8 Å². The van der Waals surface area contributed by atoms with E-state index in [0.29, 0.717) is 36.7 Å². The number of benzene rings is 2. The molecule has 0 bridgehead atoms. The Kier molecular flexibility index (Phi) is 6.95. The number of hydrogen-bond acceptors (Lipinski definition) is 3. The Labute approximate surface area is 200 Å². The average molecular weight is 469 g/mol. The van der Waals surface area contributed by atoms with E-state index >= 15 is 0 Å². The molecule has 2 aliphatic rings. The van der Waals surface area contributed by atoms with Crippen LogP contribution in [-0.2, 0) is 17.6 Å². The lowest BCUT2D eigenvalue weighted by atomic mass is 9.81. The summed E-state index contributed by atoms with van der Waals surface area (Å²) in [6.07, 6.45) is 5.84. The van der Waals surface area contributed by atoms with E-state index in [-0.39, 0.29) is 22.7 Å². The van der Waals surface area contributed by atoms with Crippen molar-refractivity contribution in [3.8, 4) is 6.07 Å². The first-order valence-corrected chi connectivity index (χ1v) is 12.1. The molecule has 1 saturated carbocycles. The predicted molar refractivity (Wildman–Crippen MR) is 127 cm³/mol. The molecule has 1 amide bonds. The number of nitriles is 1. The monoisotopic (exact) mass is 468 g/mol. The van der Waals surface area contributed by atoms with Crippen LogP contribution in [0.4, 0.5) is 9.18 Å². The van der Waals surface area contributed by atoms with Gasteiger partial charge in [-0.1, -0.05) is 49.2 Å². The SMILES string of the molecule is CCCCOC(=O)N1CCC2(C1)C[C@@]2(CCc1ccc(C#N)c(Cl)c1)Cc1ccccc1F. The van der Waals surface area contributed by atoms with E-state index in [0.717, 1.165) is 49.7 Å². The molecule has 0 aromatic heterocycles. The molecular formula is C27H30ClFN2O2. The molecule has 1 unspecified atom stereocenters. The van der Waals surface area contributed by atoms with Crippen molar-refractivity contribution in [1.29, 1.82) is 5.26 Å². The minimum absolute atomic E-state index is 0.00452. The Balaban J connectivity index is 1.50. The second-order valence-corrected chi connectivity index (χ2v) is 9.98. The van der Waals surface area contributed by atoms with Crippen molar-refractivity contribution in [1.82, 2.24) is 4.90 Å². The number of amides is 1. The highest BCUT2D eigenvalue weighted by atomic mass is 35.5. The Morgan fingerprint density at radius 2 is 2.12 bits per heavy atom. The number of rotatable bonds is 8. The third-order valence-electron chi connectivity index (χ3n) is 7.55. The zero-order valence-corrected chi connectivity index (χ0v) is 19.8. The third kappa shape index (κ3) is 4.87. The van der Waals surface area contributed by atoms with E-state index in [1.165, 1.54) is 6.07 Å². The van der Waals surface area contributed by atoms with E-state index in [4.69, 9.17) is 21.6 Å². The average Bonchev–Trinajstić information content (AvgIpc) is 3.17. The van der Waals surface area contributed by atoms with Crippen LogP contribution in [-0.4, -0.2) is 30.7 Å². The fraction of sp³-hybridized carbons (Fsp3) is 0.481. The second kappa shape index (κ2) is 9.73. The summed E-state index contributed by atoms with van der Waals surface area (Å²) in [7, 11) is 0. The minimum Gasteiger partial charge on any atom is -0.449 e. The van der Waals surface area contributed by atoms with Gasteiger partial charge in [0, 0.05) is 13.1 Å². The number of nitrogens with zero attached hydrogens (tertiary/aromatic N) is 2. The lowest BCUT2D eigenvalue weighted by Gasteiger charge is -2.24. The number of aryl methyl sites for hydroxylation is 1. The number of halogens is 2. The van der Waals surface area contributed by atoms with Gasteiger partial charge in [-0.25, -0.2) is 9.18 Å². The quantitative estimate of drug-likeness (QED) is 0.413. The van der Waals surface area contributed by atoms with Crippen molar-refractivity contribution in [2.45, 2.75) is 51.9 Å². The van der Waals surface area contributed by atoms with E-state index in [1.54, 1.807) is 12.1 Å². The zero-order chi connectivity index (χ0) is 23.5. The van der Waals surface area contributed by atoms with Crippen LogP contribution in [0.1, 0.15) is 55.7 Å². The summed E-state index contributed by atoms with van der Waals surface area (Å²) >= 11 is 6.24. The van der Waals surface area contributed by atoms with Gasteiger partial charge in [-0.3, -0.25) is 0 Å². The fourth-order valence-corrected chi connectivity index (χ4v) is 5.74. The van der Waals surface area contributed by atoms with Crippen LogP contribution in [0.5, 0.6) is 0 Å². The summed E-state index contributed by atoms with van der Waals surface area (Å²) < 4.78 is 20.0. The van der Waals surface area contributed by atoms with Crippen molar-refractivity contribution in [2.75, 3.05) is 19.7 Å². The minimum atomic E-state index is -0.231. The maximum Gasteiger partial charge on any atom is 0.409 e. The smallest absolute Gasteiger partial charge is 0.409 e. The zero-order valence-electron chi connectivity index (χ0n) is 19.1. The topological polar surface area (TPSA) is 53.3 Å². The van der Waals surface area contributed by atoms with Crippen LogP contribution >= 0.6 is 11.6 Å². The lowest BCUT2D eigenvalue weighted by molar-refractivity contribution is 0.106. The Bertz CT molecular complexity index is 1070. The van der Waals surface area contributed by atoms with Gasteiger partial charge in [0.25, 0.3) is 0 Å². The van der Waals surface area contributed by atoms with Crippen LogP contribution < -0.4 is 0 Å². The number of ether oxygens (including phenoxy) is 1. The molecule has 2 fully saturated rings. The van der Waals surface area contributed by atoms with E-state index in [9.17, 15) is 9.18 Å². The summed E-state index contributed by atoms with van der Waals surface area (Å²) in [6, 6.07) is 14.6. The van der Waals surface area contributed by atoms with Gasteiger partial charge in [-0.05, 0) is 78.7 Å². The van der Waals surface area contributed by atoms with Gasteiger partial charge in [0.05, 0.1) is 17.2 Å². The molecular weight excluding hydrogens is 439 g/mol. The molecule has 33 heavy (non-hydrogen) atoms. The number of likely N-dealkylation sites (tertiary alicyclic amines) is 1. The standard InChI is InChI=1S/C27H30ClFN2O2/c1-2-3-14-33-25(32)31-13-12-27(19-31)18-26(27,16-21-6-4-5-7-24(21)29)11-10-20-8-9-22(17-30)23(28)15-20/h4-9,15H,2-3,10-14,16,18-19H2,1H3/t26-,27?/m1/s1. The van der Waals surface area contributed by atoms with E-state index < -0.39 is 0 Å². The van der Waals surface area contributed by atoms with Gasteiger partial charge in [0.2, 0.25) is 0 Å². The molecule has 2 aromatic carbocycles. The second-order valence-electron chi connectivity index (χ2n) is 9.57. The fourth-order valence-electron chi connectivity index (χ4n) is 5.49. The molecule has 4 rings (SSSR count). The van der Waals surface area contributed by atoms with Crippen molar-refractivity contribution in [3.63, 3.8) is 0 Å². The molecule has 0 radical (unpaired) electrons. The first-order chi connectivity index (χ1) is 15.9. The van der Waals surface area contributed by atoms with Gasteiger partial charge >= 0.3 is 6.09 Å². The summed E-state index contributed by atoms with van der Waals surface area (Å²) in [5.41, 5.74) is 2.19. The molecule has 4 nitrogen and oxygen atoms in total. The molecule has 1 saturated heterocycles. The highest BCUT2D eigenvalue weighted by molar-refractivity contribution is 6.31. The molecule has 0 N–H and O–H groups in total. The van der Waals surface area contributed by atoms with Gasteiger partial charge in [0.1, 0.15) is 11.9 Å². The maximum absolute atomic E-state index is 14.6. The van der Waals surface area contributed by atoms with Crippen LogP contribution in [0.15, 0.2) is 42.5 Å². The Hall–Kier alpha value is -2.58. The van der Waals surface area contributed by atoms with Crippen LogP contribution in [0.3, 0.4) is 0 Å². The molecule has 2 atom stereocenters. The first kappa shape index (κ1) is 23.6. The largest absolute Gasteiger partial charge is 0.449 e. The van der Waals surface area contributed by atoms with E-state index in [1.807, 2.05) is 29.2 Å². The number of unbranched alkanes of at least 4 members (excludes halogenated alkanes) is 1. The molecule has 1 heterocycles. The highest BCUT2D eigenvalue weighted by Crippen LogP contribution is 2.71. The summed E-state index contributed by atoms with van der Waals surface area (Å²) in [4.78, 5) is 14.4. The molecule has 1 spiro atoms. The van der Waals surface area contributed by atoms with Gasteiger partial charge in [-0.15, -0.1) is 0 Å². The Morgan fingerprint density at radius 3 is 2.85 bits per heavy atom. The summed E-state index contributed by atoms with van der Waals surface area (Å²) in [5, 5.41) is 9.60. The number of hydrogen-bond donors (Lipinski definition) is 0. The van der Waals surface area contributed by atoms with Crippen molar-refractivity contribution < 1.29 is 13.9 Å². The Morgan fingerprint density at radius 1 is 1.30 bits per heavy atom. The van der Waals surface area contributed by atoms with Gasteiger partial charge in [-0.2, -0.15) is 5.26 Å². The number of carbonyl (C=O) groups is 1. The van der Waals surface area contributed by atoms with Crippen LogP contribution in [0, 0.1) is 28.0 Å². The van der Waals surface area contributed by atoms with E-state index in [2.05, 4.69) is 13.0 Å². The molecule has 6 heteroatoms. The highest BCUT2D eigenvalue weighted by Gasteiger charge is 2.68. The van der Waals surface area contributed by atoms with Crippen LogP contribution in [0.25, 0.3) is 0 Å². The third-order valence-corrected chi connectivity index (χ3v) is 7.86. The molecule has 174 valence electrons. The molecule has 1 aliphatic heterocycles. The van der Waals surface area contributed by atoms with Crippen molar-refractivity contribution in [3.05, 3.63) is 70.0 Å². The predicted octanol–water partition coefficient (Wildman–Crippen LogP) is 6.54. The summed E-state index contributed by atoms with van der Waals surface area (Å²) in [5.74, 6) is -0.172. The lowest BCUT2D eigenvalue weighted by Crippen LogP contribution is -2.31.